The monoisotopic (exact) mass is 253 g/mol. The first kappa shape index (κ1) is 12.0. The van der Waals surface area contributed by atoms with E-state index in [2.05, 4.69) is 15.6 Å². The zero-order valence-corrected chi connectivity index (χ0v) is 10.7. The minimum absolute atomic E-state index is 0.0529. The minimum Gasteiger partial charge on any atom is -0.356 e. The molecule has 6 heteroatoms. The average molecular weight is 253 g/mol. The van der Waals surface area contributed by atoms with Crippen LogP contribution in [0.5, 0.6) is 0 Å². The molecule has 0 aliphatic carbocycles. The molecule has 1 aromatic rings. The van der Waals surface area contributed by atoms with E-state index in [0.29, 0.717) is 18.1 Å². The van der Waals surface area contributed by atoms with Gasteiger partial charge in [0.1, 0.15) is 0 Å². The molecule has 0 radical (unpaired) electrons. The van der Waals surface area contributed by atoms with Crippen LogP contribution < -0.4 is 10.6 Å². The Morgan fingerprint density at radius 2 is 2.29 bits per heavy atom. The molecule has 0 bridgehead atoms. The molecular weight excluding hydrogens is 238 g/mol. The van der Waals surface area contributed by atoms with Crippen molar-refractivity contribution in [2.45, 2.75) is 26.7 Å². The third-order valence-electron chi connectivity index (χ3n) is 2.88. The molecule has 17 heavy (non-hydrogen) atoms. The number of amides is 2. The maximum absolute atomic E-state index is 11.9. The molecule has 1 fully saturated rings. The van der Waals surface area contributed by atoms with Gasteiger partial charge in [-0.2, -0.15) is 0 Å². The van der Waals surface area contributed by atoms with Gasteiger partial charge in [-0.15, -0.1) is 11.3 Å². The molecule has 0 saturated carbocycles. The molecule has 2 heterocycles. The summed E-state index contributed by atoms with van der Waals surface area (Å²) >= 11 is 1.46. The maximum atomic E-state index is 11.9. The van der Waals surface area contributed by atoms with Crippen molar-refractivity contribution < 1.29 is 9.59 Å². The summed E-state index contributed by atoms with van der Waals surface area (Å²) in [6, 6.07) is 0. The lowest BCUT2D eigenvalue weighted by Gasteiger charge is -2.20. The number of aromatic nitrogens is 1. The van der Waals surface area contributed by atoms with Gasteiger partial charge in [0.05, 0.1) is 5.69 Å². The number of anilines is 1. The molecule has 2 amide bonds. The molecule has 1 unspecified atom stereocenters. The van der Waals surface area contributed by atoms with Gasteiger partial charge in [-0.1, -0.05) is 0 Å². The molecule has 1 aliphatic heterocycles. The van der Waals surface area contributed by atoms with Crippen molar-refractivity contribution >= 4 is 28.3 Å². The van der Waals surface area contributed by atoms with Crippen LogP contribution in [0.15, 0.2) is 0 Å². The Morgan fingerprint density at radius 1 is 1.53 bits per heavy atom. The van der Waals surface area contributed by atoms with E-state index in [1.54, 1.807) is 0 Å². The molecule has 1 atom stereocenters. The number of piperidine rings is 1. The molecule has 0 spiro atoms. The molecule has 1 aromatic heterocycles. The Balaban J connectivity index is 1.98. The standard InChI is InChI=1S/C11H15N3O2S/c1-6-7(2)17-11(13-6)14-10(16)8-3-4-12-9(15)5-8/h8H,3-5H2,1-2H3,(H,12,15)(H,13,14,16). The highest BCUT2D eigenvalue weighted by Crippen LogP contribution is 2.23. The predicted octanol–water partition coefficient (Wildman–Crippen LogP) is 1.22. The van der Waals surface area contributed by atoms with Gasteiger partial charge in [0.2, 0.25) is 11.8 Å². The number of hydrogen-bond acceptors (Lipinski definition) is 4. The second-order valence-electron chi connectivity index (χ2n) is 4.19. The average Bonchev–Trinajstić information content (AvgIpc) is 2.58. The topological polar surface area (TPSA) is 71.1 Å². The van der Waals surface area contributed by atoms with Crippen LogP contribution in [0.25, 0.3) is 0 Å². The van der Waals surface area contributed by atoms with E-state index in [-0.39, 0.29) is 24.2 Å². The summed E-state index contributed by atoms with van der Waals surface area (Å²) in [5, 5.41) is 6.12. The number of aryl methyl sites for hydroxylation is 2. The number of carbonyl (C=O) groups is 2. The van der Waals surface area contributed by atoms with Crippen LogP contribution in [0, 0.1) is 19.8 Å². The van der Waals surface area contributed by atoms with Gasteiger partial charge in [-0.25, -0.2) is 4.98 Å². The number of thiazole rings is 1. The number of nitrogens with zero attached hydrogens (tertiary/aromatic N) is 1. The highest BCUT2D eigenvalue weighted by atomic mass is 32.1. The van der Waals surface area contributed by atoms with Crippen molar-refractivity contribution in [3.05, 3.63) is 10.6 Å². The SMILES string of the molecule is Cc1nc(NC(=O)C2CCNC(=O)C2)sc1C. The van der Waals surface area contributed by atoms with E-state index >= 15 is 0 Å². The lowest BCUT2D eigenvalue weighted by Crippen LogP contribution is -2.38. The predicted molar refractivity (Wildman–Crippen MR) is 66.0 cm³/mol. The smallest absolute Gasteiger partial charge is 0.229 e. The fourth-order valence-electron chi connectivity index (χ4n) is 1.74. The van der Waals surface area contributed by atoms with Crippen LogP contribution in [-0.4, -0.2) is 23.3 Å². The van der Waals surface area contributed by atoms with Crippen molar-refractivity contribution in [1.29, 1.82) is 0 Å². The van der Waals surface area contributed by atoms with Crippen molar-refractivity contribution in [3.63, 3.8) is 0 Å². The summed E-state index contributed by atoms with van der Waals surface area (Å²) in [7, 11) is 0. The van der Waals surface area contributed by atoms with Crippen LogP contribution >= 0.6 is 11.3 Å². The third-order valence-corrected chi connectivity index (χ3v) is 3.86. The lowest BCUT2D eigenvalue weighted by atomic mass is 9.97. The van der Waals surface area contributed by atoms with Crippen molar-refractivity contribution in [1.82, 2.24) is 10.3 Å². The second kappa shape index (κ2) is 4.83. The van der Waals surface area contributed by atoms with E-state index in [1.165, 1.54) is 11.3 Å². The Labute approximate surface area is 104 Å². The lowest BCUT2D eigenvalue weighted by molar-refractivity contribution is -0.129. The summed E-state index contributed by atoms with van der Waals surface area (Å²) in [6.07, 6.45) is 0.968. The van der Waals surface area contributed by atoms with E-state index in [4.69, 9.17) is 0 Å². The highest BCUT2D eigenvalue weighted by molar-refractivity contribution is 7.15. The quantitative estimate of drug-likeness (QED) is 0.832. The fraction of sp³-hybridized carbons (Fsp3) is 0.545. The van der Waals surface area contributed by atoms with Gasteiger partial charge in [0, 0.05) is 23.8 Å². The van der Waals surface area contributed by atoms with Crippen LogP contribution in [0.1, 0.15) is 23.4 Å². The van der Waals surface area contributed by atoms with Crippen LogP contribution in [0.3, 0.4) is 0 Å². The minimum atomic E-state index is -0.228. The van der Waals surface area contributed by atoms with E-state index < -0.39 is 0 Å². The normalized spacial score (nSPS) is 19.9. The van der Waals surface area contributed by atoms with Gasteiger partial charge in [-0.05, 0) is 20.3 Å². The molecule has 5 nitrogen and oxygen atoms in total. The number of rotatable bonds is 2. The second-order valence-corrected chi connectivity index (χ2v) is 5.39. The largest absolute Gasteiger partial charge is 0.356 e. The summed E-state index contributed by atoms with van der Waals surface area (Å²) in [6.45, 7) is 4.46. The van der Waals surface area contributed by atoms with Crippen molar-refractivity contribution in [2.24, 2.45) is 5.92 Å². The molecule has 2 rings (SSSR count). The van der Waals surface area contributed by atoms with Crippen LogP contribution in [-0.2, 0) is 9.59 Å². The third kappa shape index (κ3) is 2.82. The van der Waals surface area contributed by atoms with Crippen LogP contribution in [0.4, 0.5) is 5.13 Å². The number of carbonyl (C=O) groups excluding carboxylic acids is 2. The zero-order chi connectivity index (χ0) is 12.4. The summed E-state index contributed by atoms with van der Waals surface area (Å²) < 4.78 is 0. The number of hydrogen-bond donors (Lipinski definition) is 2. The van der Waals surface area contributed by atoms with Crippen LogP contribution in [0.2, 0.25) is 0 Å². The summed E-state index contributed by atoms with van der Waals surface area (Å²) in [5.41, 5.74) is 0.937. The molecule has 2 N–H and O–H groups in total. The Bertz CT molecular complexity index is 436. The Hall–Kier alpha value is -1.43. The maximum Gasteiger partial charge on any atom is 0.229 e. The molecule has 1 aliphatic rings. The highest BCUT2D eigenvalue weighted by Gasteiger charge is 2.26. The first-order chi connectivity index (χ1) is 8.06. The fourth-order valence-corrected chi connectivity index (χ4v) is 2.56. The molecule has 92 valence electrons. The first-order valence-electron chi connectivity index (χ1n) is 5.58. The first-order valence-corrected chi connectivity index (χ1v) is 6.39. The van der Waals surface area contributed by atoms with Gasteiger partial charge in [0.25, 0.3) is 0 Å². The molecule has 1 saturated heterocycles. The van der Waals surface area contributed by atoms with Gasteiger partial charge >= 0.3 is 0 Å². The number of nitrogens with one attached hydrogen (secondary N) is 2. The molecular formula is C11H15N3O2S. The summed E-state index contributed by atoms with van der Waals surface area (Å²) in [4.78, 5) is 28.4. The summed E-state index contributed by atoms with van der Waals surface area (Å²) in [5.74, 6) is -0.384. The van der Waals surface area contributed by atoms with Gasteiger partial charge in [0.15, 0.2) is 5.13 Å². The van der Waals surface area contributed by atoms with Gasteiger partial charge < -0.3 is 10.6 Å². The van der Waals surface area contributed by atoms with E-state index in [1.807, 2.05) is 13.8 Å². The Kier molecular flexibility index (Phi) is 3.42. The molecule has 0 aromatic carbocycles. The zero-order valence-electron chi connectivity index (χ0n) is 9.87. The van der Waals surface area contributed by atoms with Crippen molar-refractivity contribution in [2.75, 3.05) is 11.9 Å². The van der Waals surface area contributed by atoms with E-state index in [0.717, 1.165) is 10.6 Å². The van der Waals surface area contributed by atoms with Gasteiger partial charge in [-0.3, -0.25) is 9.59 Å². The van der Waals surface area contributed by atoms with Crippen molar-refractivity contribution in [3.8, 4) is 0 Å². The van der Waals surface area contributed by atoms with E-state index in [9.17, 15) is 9.59 Å². The Morgan fingerprint density at radius 3 is 2.88 bits per heavy atom.